The maximum atomic E-state index is 4.63. The lowest BCUT2D eigenvalue weighted by atomic mass is 9.99. The molecule has 1 aliphatic heterocycles. The van der Waals surface area contributed by atoms with E-state index in [0.717, 1.165) is 30.8 Å². The molecule has 104 valence electrons. The molecule has 1 saturated heterocycles. The number of alkyl halides is 1. The van der Waals surface area contributed by atoms with Crippen molar-refractivity contribution in [2.45, 2.75) is 44.9 Å². The molecule has 1 fully saturated rings. The number of hydrogen-bond acceptors (Lipinski definition) is 3. The van der Waals surface area contributed by atoms with Crippen LogP contribution in [0.5, 0.6) is 0 Å². The zero-order chi connectivity index (χ0) is 13.1. The van der Waals surface area contributed by atoms with Gasteiger partial charge in [-0.25, -0.2) is 9.97 Å². The van der Waals surface area contributed by atoms with Crippen molar-refractivity contribution < 1.29 is 0 Å². The first-order valence-electron chi connectivity index (χ1n) is 7.52. The standard InChI is InChI=1S/C15H22BrN3/c16-9-12-5-4-8-19(10-12)15-13-6-2-1-3-7-14(13)17-11-18-15/h11-12H,1-10H2. The number of fused-ring (bicyclic) bond motifs is 1. The number of halogens is 1. The highest BCUT2D eigenvalue weighted by Crippen LogP contribution is 2.29. The molecule has 0 N–H and O–H groups in total. The average molecular weight is 324 g/mol. The molecule has 2 aliphatic rings. The van der Waals surface area contributed by atoms with Crippen LogP contribution in [-0.2, 0) is 12.8 Å². The molecule has 3 rings (SSSR count). The van der Waals surface area contributed by atoms with E-state index in [9.17, 15) is 0 Å². The predicted molar refractivity (Wildman–Crippen MR) is 82.0 cm³/mol. The molecule has 4 heteroatoms. The molecule has 1 unspecified atom stereocenters. The van der Waals surface area contributed by atoms with Crippen LogP contribution in [0.25, 0.3) is 0 Å². The lowest BCUT2D eigenvalue weighted by Gasteiger charge is -2.34. The lowest BCUT2D eigenvalue weighted by Crippen LogP contribution is -2.37. The zero-order valence-corrected chi connectivity index (χ0v) is 13.0. The Morgan fingerprint density at radius 3 is 2.95 bits per heavy atom. The second kappa shape index (κ2) is 6.21. The van der Waals surface area contributed by atoms with Crippen molar-refractivity contribution in [1.82, 2.24) is 9.97 Å². The first kappa shape index (κ1) is 13.3. The Morgan fingerprint density at radius 2 is 2.05 bits per heavy atom. The fourth-order valence-corrected chi connectivity index (χ4v) is 3.87. The smallest absolute Gasteiger partial charge is 0.135 e. The van der Waals surface area contributed by atoms with E-state index in [1.54, 1.807) is 6.33 Å². The van der Waals surface area contributed by atoms with E-state index in [4.69, 9.17) is 0 Å². The van der Waals surface area contributed by atoms with Gasteiger partial charge in [0, 0.05) is 29.7 Å². The third kappa shape index (κ3) is 2.93. The molecule has 0 amide bonds. The van der Waals surface area contributed by atoms with E-state index in [-0.39, 0.29) is 0 Å². The highest BCUT2D eigenvalue weighted by atomic mass is 79.9. The van der Waals surface area contributed by atoms with Crippen LogP contribution in [0.3, 0.4) is 0 Å². The van der Waals surface area contributed by atoms with Crippen LogP contribution in [0, 0.1) is 5.92 Å². The number of rotatable bonds is 2. The Morgan fingerprint density at radius 1 is 1.16 bits per heavy atom. The summed E-state index contributed by atoms with van der Waals surface area (Å²) >= 11 is 3.64. The Labute approximate surface area is 124 Å². The highest BCUT2D eigenvalue weighted by Gasteiger charge is 2.24. The summed E-state index contributed by atoms with van der Waals surface area (Å²) in [5.74, 6) is 2.00. The summed E-state index contributed by atoms with van der Waals surface area (Å²) in [5, 5.41) is 1.11. The maximum Gasteiger partial charge on any atom is 0.135 e. The van der Waals surface area contributed by atoms with Crippen molar-refractivity contribution in [3.05, 3.63) is 17.6 Å². The fourth-order valence-electron chi connectivity index (χ4n) is 3.34. The summed E-state index contributed by atoms with van der Waals surface area (Å²) < 4.78 is 0. The molecule has 0 radical (unpaired) electrons. The van der Waals surface area contributed by atoms with Gasteiger partial charge in [0.25, 0.3) is 0 Å². The quantitative estimate of drug-likeness (QED) is 0.617. The van der Waals surface area contributed by atoms with Gasteiger partial charge in [0.1, 0.15) is 12.1 Å². The van der Waals surface area contributed by atoms with Crippen LogP contribution >= 0.6 is 15.9 Å². The van der Waals surface area contributed by atoms with Gasteiger partial charge in [-0.15, -0.1) is 0 Å². The monoisotopic (exact) mass is 323 g/mol. The Hall–Kier alpha value is -0.640. The van der Waals surface area contributed by atoms with Gasteiger partial charge in [0.2, 0.25) is 0 Å². The van der Waals surface area contributed by atoms with Crippen molar-refractivity contribution in [3.8, 4) is 0 Å². The molecule has 0 bridgehead atoms. The molecular weight excluding hydrogens is 302 g/mol. The summed E-state index contributed by atoms with van der Waals surface area (Å²) in [4.78, 5) is 11.7. The largest absolute Gasteiger partial charge is 0.356 e. The zero-order valence-electron chi connectivity index (χ0n) is 11.4. The van der Waals surface area contributed by atoms with Gasteiger partial charge < -0.3 is 4.90 Å². The summed E-state index contributed by atoms with van der Waals surface area (Å²) in [7, 11) is 0. The number of anilines is 1. The summed E-state index contributed by atoms with van der Waals surface area (Å²) in [6.45, 7) is 2.31. The number of aromatic nitrogens is 2. The first-order chi connectivity index (χ1) is 9.38. The van der Waals surface area contributed by atoms with E-state index >= 15 is 0 Å². The Balaban J connectivity index is 1.87. The van der Waals surface area contributed by atoms with Crippen molar-refractivity contribution in [3.63, 3.8) is 0 Å². The van der Waals surface area contributed by atoms with Crippen LogP contribution in [0.15, 0.2) is 6.33 Å². The second-order valence-electron chi connectivity index (χ2n) is 5.79. The molecule has 1 aliphatic carbocycles. The number of piperidine rings is 1. The SMILES string of the molecule is BrCC1CCCN(c2ncnc3c2CCCCC3)C1. The molecule has 1 aromatic heterocycles. The van der Waals surface area contributed by atoms with Gasteiger partial charge in [0.15, 0.2) is 0 Å². The van der Waals surface area contributed by atoms with Gasteiger partial charge in [-0.2, -0.15) is 0 Å². The van der Waals surface area contributed by atoms with Crippen LogP contribution in [-0.4, -0.2) is 28.4 Å². The predicted octanol–water partition coefficient (Wildman–Crippen LogP) is 3.36. The van der Waals surface area contributed by atoms with Crippen LogP contribution in [0.2, 0.25) is 0 Å². The summed E-state index contributed by atoms with van der Waals surface area (Å²) in [6.07, 6.45) is 10.6. The molecule has 19 heavy (non-hydrogen) atoms. The molecule has 0 saturated carbocycles. The fraction of sp³-hybridized carbons (Fsp3) is 0.733. The lowest BCUT2D eigenvalue weighted by molar-refractivity contribution is 0.451. The average Bonchev–Trinajstić information content (AvgIpc) is 2.72. The minimum Gasteiger partial charge on any atom is -0.356 e. The first-order valence-corrected chi connectivity index (χ1v) is 8.64. The summed E-state index contributed by atoms with van der Waals surface area (Å²) in [6, 6.07) is 0. The van der Waals surface area contributed by atoms with Gasteiger partial charge in [-0.3, -0.25) is 0 Å². The van der Waals surface area contributed by atoms with Gasteiger partial charge >= 0.3 is 0 Å². The van der Waals surface area contributed by atoms with Crippen LogP contribution < -0.4 is 4.90 Å². The maximum absolute atomic E-state index is 4.63. The number of aryl methyl sites for hydroxylation is 1. The van der Waals surface area contributed by atoms with Gasteiger partial charge in [-0.05, 0) is 44.4 Å². The van der Waals surface area contributed by atoms with E-state index in [1.165, 1.54) is 55.6 Å². The molecule has 0 spiro atoms. The molecule has 2 heterocycles. The van der Waals surface area contributed by atoms with Crippen molar-refractivity contribution in [2.75, 3.05) is 23.3 Å². The molecular formula is C15H22BrN3. The van der Waals surface area contributed by atoms with Crippen LogP contribution in [0.4, 0.5) is 5.82 Å². The molecule has 0 aromatic carbocycles. The summed E-state index contributed by atoms with van der Waals surface area (Å²) in [5.41, 5.74) is 2.75. The number of nitrogens with zero attached hydrogens (tertiary/aromatic N) is 3. The van der Waals surface area contributed by atoms with Crippen molar-refractivity contribution in [1.29, 1.82) is 0 Å². The van der Waals surface area contributed by atoms with Gasteiger partial charge in [-0.1, -0.05) is 22.4 Å². The van der Waals surface area contributed by atoms with Gasteiger partial charge in [0.05, 0.1) is 0 Å². The Bertz CT molecular complexity index is 435. The highest BCUT2D eigenvalue weighted by molar-refractivity contribution is 9.09. The normalized spacial score (nSPS) is 23.8. The van der Waals surface area contributed by atoms with E-state index in [1.807, 2.05) is 0 Å². The minimum atomic E-state index is 0.769. The third-order valence-corrected chi connectivity index (χ3v) is 5.30. The minimum absolute atomic E-state index is 0.769. The van der Waals surface area contributed by atoms with E-state index in [2.05, 4.69) is 30.8 Å². The van der Waals surface area contributed by atoms with E-state index in [0.29, 0.717) is 0 Å². The third-order valence-electron chi connectivity index (χ3n) is 4.39. The van der Waals surface area contributed by atoms with Crippen LogP contribution in [0.1, 0.15) is 43.4 Å². The second-order valence-corrected chi connectivity index (χ2v) is 6.44. The van der Waals surface area contributed by atoms with E-state index < -0.39 is 0 Å². The Kier molecular flexibility index (Phi) is 4.36. The molecule has 3 nitrogen and oxygen atoms in total. The van der Waals surface area contributed by atoms with Crippen molar-refractivity contribution in [2.24, 2.45) is 5.92 Å². The molecule has 1 atom stereocenters. The number of hydrogen-bond donors (Lipinski definition) is 0. The topological polar surface area (TPSA) is 29.0 Å². The molecule has 1 aromatic rings. The van der Waals surface area contributed by atoms with Crippen molar-refractivity contribution >= 4 is 21.7 Å².